The fourth-order valence-electron chi connectivity index (χ4n) is 3.81. The number of fused-ring (bicyclic) bond motifs is 2. The topological polar surface area (TPSA) is 60.2 Å². The number of halogens is 2. The monoisotopic (exact) mass is 530 g/mol. The second-order valence-corrected chi connectivity index (χ2v) is 10.7. The molecule has 5 rings (SSSR count). The normalized spacial score (nSPS) is 18.5. The van der Waals surface area contributed by atoms with Gasteiger partial charge in [0.15, 0.2) is 11.0 Å². The first kappa shape index (κ1) is 23.4. The molecule has 34 heavy (non-hydrogen) atoms. The number of para-hydroxylation sites is 1. The molecule has 1 aliphatic carbocycles. The summed E-state index contributed by atoms with van der Waals surface area (Å²) in [5.74, 6) is 1.42. The van der Waals surface area contributed by atoms with Crippen LogP contribution in [0.5, 0.6) is 5.75 Å². The fraction of sp³-hybridized carbons (Fsp3) is 0.208. The van der Waals surface area contributed by atoms with Gasteiger partial charge in [0.1, 0.15) is 12.4 Å². The molecule has 0 bridgehead atoms. The molecule has 2 heterocycles. The SMILES string of the molecule is Cn1c(COc2ccc(Cl)cc2Cl)nnc1SCC(=O)N1c2ccccc2S[C@@H]2C=CC=C[C@H]21. The molecule has 0 fully saturated rings. The van der Waals surface area contributed by atoms with Crippen molar-refractivity contribution in [3.05, 3.63) is 82.6 Å². The van der Waals surface area contributed by atoms with Crippen LogP contribution in [0.3, 0.4) is 0 Å². The Labute approximate surface area is 216 Å². The van der Waals surface area contributed by atoms with E-state index in [1.165, 1.54) is 11.8 Å². The largest absolute Gasteiger partial charge is 0.484 e. The second kappa shape index (κ2) is 10.1. The Morgan fingerprint density at radius 2 is 1.97 bits per heavy atom. The van der Waals surface area contributed by atoms with Gasteiger partial charge in [-0.1, -0.05) is 71.4 Å². The summed E-state index contributed by atoms with van der Waals surface area (Å²) in [6.45, 7) is 0.191. The van der Waals surface area contributed by atoms with Crippen LogP contribution in [0, 0.1) is 0 Å². The van der Waals surface area contributed by atoms with Crippen LogP contribution in [0.1, 0.15) is 5.82 Å². The first-order chi connectivity index (χ1) is 16.5. The molecule has 1 aliphatic heterocycles. The maximum absolute atomic E-state index is 13.4. The molecule has 174 valence electrons. The third kappa shape index (κ3) is 4.73. The van der Waals surface area contributed by atoms with E-state index in [1.54, 1.807) is 30.0 Å². The summed E-state index contributed by atoms with van der Waals surface area (Å²) in [5, 5.41) is 10.3. The number of ether oxygens (including phenoxy) is 1. The van der Waals surface area contributed by atoms with Crippen LogP contribution in [0.2, 0.25) is 10.0 Å². The minimum Gasteiger partial charge on any atom is -0.484 e. The summed E-state index contributed by atoms with van der Waals surface area (Å²) in [4.78, 5) is 16.4. The molecule has 0 radical (unpaired) electrons. The third-order valence-corrected chi connectivity index (χ3v) is 8.35. The van der Waals surface area contributed by atoms with E-state index in [9.17, 15) is 4.79 Å². The van der Waals surface area contributed by atoms with Crippen molar-refractivity contribution in [3.63, 3.8) is 0 Å². The molecule has 0 unspecified atom stereocenters. The van der Waals surface area contributed by atoms with Gasteiger partial charge in [0.2, 0.25) is 5.91 Å². The van der Waals surface area contributed by atoms with Gasteiger partial charge in [-0.05, 0) is 30.3 Å². The summed E-state index contributed by atoms with van der Waals surface area (Å²) >= 11 is 15.3. The molecule has 0 N–H and O–H groups in total. The van der Waals surface area contributed by atoms with E-state index in [1.807, 2.05) is 46.9 Å². The molecular weight excluding hydrogens is 511 g/mol. The first-order valence-corrected chi connectivity index (χ1v) is 13.1. The molecule has 3 aromatic rings. The highest BCUT2D eigenvalue weighted by atomic mass is 35.5. The number of nitrogens with zero attached hydrogens (tertiary/aromatic N) is 4. The number of thioether (sulfide) groups is 2. The molecule has 2 aromatic carbocycles. The smallest absolute Gasteiger partial charge is 0.238 e. The van der Waals surface area contributed by atoms with Crippen LogP contribution >= 0.6 is 46.7 Å². The summed E-state index contributed by atoms with van der Waals surface area (Å²) in [7, 11) is 1.85. The minimum atomic E-state index is -0.00872. The van der Waals surface area contributed by atoms with Gasteiger partial charge in [-0.25, -0.2) is 0 Å². The van der Waals surface area contributed by atoms with E-state index in [0.717, 1.165) is 10.6 Å². The predicted molar refractivity (Wildman–Crippen MR) is 138 cm³/mol. The van der Waals surface area contributed by atoms with Crippen molar-refractivity contribution in [3.8, 4) is 5.75 Å². The second-order valence-electron chi connectivity index (χ2n) is 7.68. The first-order valence-electron chi connectivity index (χ1n) is 10.5. The standard InChI is InChI=1S/C24H20Cl2N4O2S2/c1-29-22(13-32-19-11-10-15(25)12-16(19)26)27-28-24(29)33-14-23(31)30-17-6-2-4-8-20(17)34-21-9-5-3-7-18(21)30/h2-12,17,20H,13-14H2,1H3/t17-,20-/m1/s1. The number of hydrogen-bond donors (Lipinski definition) is 0. The zero-order valence-corrected chi connectivity index (χ0v) is 21.2. The van der Waals surface area contributed by atoms with Gasteiger partial charge in [-0.2, -0.15) is 0 Å². The van der Waals surface area contributed by atoms with Crippen molar-refractivity contribution >= 4 is 58.3 Å². The number of amides is 1. The Hall–Kier alpha value is -2.39. The van der Waals surface area contributed by atoms with E-state index in [-0.39, 0.29) is 29.6 Å². The van der Waals surface area contributed by atoms with Crippen molar-refractivity contribution in [1.82, 2.24) is 14.8 Å². The Balaban J connectivity index is 1.27. The van der Waals surface area contributed by atoms with Crippen LogP contribution in [0.15, 0.2) is 76.8 Å². The lowest BCUT2D eigenvalue weighted by atomic mass is 10.0. The fourth-order valence-corrected chi connectivity index (χ4v) is 6.32. The van der Waals surface area contributed by atoms with Crippen molar-refractivity contribution in [2.24, 2.45) is 7.05 Å². The number of carbonyl (C=O) groups excluding carboxylic acids is 1. The molecule has 0 spiro atoms. The van der Waals surface area contributed by atoms with Crippen LogP contribution < -0.4 is 9.64 Å². The van der Waals surface area contributed by atoms with Gasteiger partial charge in [0.05, 0.1) is 27.8 Å². The quantitative estimate of drug-likeness (QED) is 0.375. The lowest BCUT2D eigenvalue weighted by Gasteiger charge is -2.40. The molecule has 2 atom stereocenters. The maximum atomic E-state index is 13.4. The van der Waals surface area contributed by atoms with Crippen molar-refractivity contribution < 1.29 is 9.53 Å². The lowest BCUT2D eigenvalue weighted by Crippen LogP contribution is -2.48. The highest BCUT2D eigenvalue weighted by molar-refractivity contribution is 8.00. The van der Waals surface area contributed by atoms with Gasteiger partial charge < -0.3 is 14.2 Å². The zero-order valence-electron chi connectivity index (χ0n) is 18.1. The van der Waals surface area contributed by atoms with Crippen molar-refractivity contribution in [2.75, 3.05) is 10.7 Å². The highest BCUT2D eigenvalue weighted by Gasteiger charge is 2.36. The van der Waals surface area contributed by atoms with E-state index in [0.29, 0.717) is 26.8 Å². The Kier molecular flexibility index (Phi) is 6.92. The van der Waals surface area contributed by atoms with Crippen molar-refractivity contribution in [2.45, 2.75) is 28.0 Å². The number of rotatable bonds is 6. The Morgan fingerprint density at radius 1 is 1.15 bits per heavy atom. The lowest BCUT2D eigenvalue weighted by molar-refractivity contribution is -0.116. The minimum absolute atomic E-state index is 0.00872. The Morgan fingerprint density at radius 3 is 2.82 bits per heavy atom. The average molecular weight is 531 g/mol. The number of aromatic nitrogens is 3. The molecule has 10 heteroatoms. The molecule has 1 aromatic heterocycles. The maximum Gasteiger partial charge on any atom is 0.238 e. The van der Waals surface area contributed by atoms with Crippen LogP contribution in [0.25, 0.3) is 0 Å². The van der Waals surface area contributed by atoms with E-state index in [4.69, 9.17) is 27.9 Å². The van der Waals surface area contributed by atoms with Crippen LogP contribution in [-0.2, 0) is 18.4 Å². The number of anilines is 1. The molecule has 6 nitrogen and oxygen atoms in total. The van der Waals surface area contributed by atoms with Gasteiger partial charge in [0.25, 0.3) is 0 Å². The van der Waals surface area contributed by atoms with Gasteiger partial charge in [-0.15, -0.1) is 22.0 Å². The van der Waals surface area contributed by atoms with Crippen molar-refractivity contribution in [1.29, 1.82) is 0 Å². The summed E-state index contributed by atoms with van der Waals surface area (Å²) in [6, 6.07) is 13.1. The number of hydrogen-bond acceptors (Lipinski definition) is 6. The number of allylic oxidation sites excluding steroid dienone is 2. The highest BCUT2D eigenvalue weighted by Crippen LogP contribution is 2.43. The summed E-state index contributed by atoms with van der Waals surface area (Å²) in [6.07, 6.45) is 8.29. The Bertz CT molecular complexity index is 1290. The summed E-state index contributed by atoms with van der Waals surface area (Å²) < 4.78 is 7.60. The number of carbonyl (C=O) groups is 1. The third-order valence-electron chi connectivity index (χ3n) is 5.51. The predicted octanol–water partition coefficient (Wildman–Crippen LogP) is 5.80. The average Bonchev–Trinajstić information content (AvgIpc) is 3.19. The van der Waals surface area contributed by atoms with Gasteiger partial charge in [0, 0.05) is 17.0 Å². The van der Waals surface area contributed by atoms with E-state index in [2.05, 4.69) is 28.4 Å². The van der Waals surface area contributed by atoms with Gasteiger partial charge >= 0.3 is 0 Å². The van der Waals surface area contributed by atoms with Crippen LogP contribution in [0.4, 0.5) is 5.69 Å². The summed E-state index contributed by atoms with van der Waals surface area (Å²) in [5.41, 5.74) is 0.950. The molecule has 0 saturated heterocycles. The molecule has 0 saturated carbocycles. The van der Waals surface area contributed by atoms with Gasteiger partial charge in [-0.3, -0.25) is 4.79 Å². The zero-order chi connectivity index (χ0) is 23.7. The van der Waals surface area contributed by atoms with E-state index < -0.39 is 0 Å². The number of benzene rings is 2. The van der Waals surface area contributed by atoms with Crippen LogP contribution in [-0.4, -0.2) is 37.7 Å². The molecule has 2 aliphatic rings. The molecular formula is C24H20Cl2N4O2S2. The van der Waals surface area contributed by atoms with E-state index >= 15 is 0 Å². The molecule has 1 amide bonds.